The van der Waals surface area contributed by atoms with Gasteiger partial charge in [-0.25, -0.2) is 4.57 Å². The second-order valence-corrected chi connectivity index (χ2v) is 7.14. The molecule has 0 aromatic carbocycles. The molecule has 0 aromatic rings. The number of rotatable bonds is 7. The van der Waals surface area contributed by atoms with Crippen LogP contribution in [0.15, 0.2) is 0 Å². The lowest BCUT2D eigenvalue weighted by atomic mass is 10.3. The summed E-state index contributed by atoms with van der Waals surface area (Å²) in [5.74, 6) is 0.703. The van der Waals surface area contributed by atoms with Crippen LogP contribution in [0.3, 0.4) is 0 Å². The molecule has 0 saturated carbocycles. The second kappa shape index (κ2) is 6.88. The monoisotopic (exact) mass is 226 g/mol. The minimum absolute atomic E-state index is 0.186. The van der Waals surface area contributed by atoms with Crippen LogP contribution in [0.25, 0.3) is 0 Å². The van der Waals surface area contributed by atoms with E-state index in [1.54, 1.807) is 13.8 Å². The zero-order valence-electron chi connectivity index (χ0n) is 8.52. The van der Waals surface area contributed by atoms with Gasteiger partial charge in [-0.2, -0.15) is 0 Å². The van der Waals surface area contributed by atoms with E-state index < -0.39 is 6.80 Å². The normalized spacial score (nSPS) is 16.1. The van der Waals surface area contributed by atoms with E-state index in [0.29, 0.717) is 5.75 Å². The van der Waals surface area contributed by atoms with Crippen molar-refractivity contribution in [3.05, 3.63) is 0 Å². The molecule has 5 heteroatoms. The fraction of sp³-hybridized carbons (Fsp3) is 1.00. The Bertz CT molecular complexity index is 173. The van der Waals surface area contributed by atoms with Crippen LogP contribution in [-0.4, -0.2) is 16.8 Å². The Kier molecular flexibility index (Phi) is 7.15. The SMILES string of the molecule is CCCCCSP(=O)(O)OC(C)C. The Hall–Kier alpha value is 0.500. The second-order valence-electron chi connectivity index (χ2n) is 3.16. The summed E-state index contributed by atoms with van der Waals surface area (Å²) < 4.78 is 16.2. The molecule has 0 saturated heterocycles. The van der Waals surface area contributed by atoms with Crippen molar-refractivity contribution in [1.29, 1.82) is 0 Å². The van der Waals surface area contributed by atoms with Gasteiger partial charge in [0.1, 0.15) is 0 Å². The molecule has 3 nitrogen and oxygen atoms in total. The molecule has 0 aliphatic carbocycles. The third-order valence-electron chi connectivity index (χ3n) is 1.35. The van der Waals surface area contributed by atoms with E-state index in [4.69, 9.17) is 4.52 Å². The van der Waals surface area contributed by atoms with Crippen molar-refractivity contribution in [2.24, 2.45) is 0 Å². The Morgan fingerprint density at radius 3 is 2.54 bits per heavy atom. The van der Waals surface area contributed by atoms with Crippen LogP contribution in [0.2, 0.25) is 0 Å². The van der Waals surface area contributed by atoms with Crippen molar-refractivity contribution in [2.75, 3.05) is 5.75 Å². The highest BCUT2D eigenvalue weighted by Gasteiger charge is 2.20. The Morgan fingerprint density at radius 1 is 1.46 bits per heavy atom. The van der Waals surface area contributed by atoms with E-state index in [1.807, 2.05) is 0 Å². The first-order chi connectivity index (χ1) is 5.98. The Labute approximate surface area is 84.5 Å². The predicted molar refractivity (Wildman–Crippen MR) is 58.0 cm³/mol. The van der Waals surface area contributed by atoms with Crippen LogP contribution >= 0.6 is 18.2 Å². The third-order valence-corrected chi connectivity index (χ3v) is 4.62. The van der Waals surface area contributed by atoms with Crippen molar-refractivity contribution in [2.45, 2.75) is 46.1 Å². The molecule has 1 unspecified atom stereocenters. The highest BCUT2D eigenvalue weighted by molar-refractivity contribution is 8.54. The van der Waals surface area contributed by atoms with E-state index in [0.717, 1.165) is 30.6 Å². The van der Waals surface area contributed by atoms with Gasteiger partial charge in [-0.1, -0.05) is 19.8 Å². The summed E-state index contributed by atoms with van der Waals surface area (Å²) in [5.41, 5.74) is 0. The summed E-state index contributed by atoms with van der Waals surface area (Å²) in [6, 6.07) is 0. The molecule has 1 N–H and O–H groups in total. The fourth-order valence-electron chi connectivity index (χ4n) is 0.829. The molecule has 0 spiro atoms. The van der Waals surface area contributed by atoms with Crippen molar-refractivity contribution in [1.82, 2.24) is 0 Å². The molecular formula is C8H19O3PS. The number of unbranched alkanes of at least 4 members (excludes halogenated alkanes) is 2. The predicted octanol–water partition coefficient (Wildman–Crippen LogP) is 3.44. The van der Waals surface area contributed by atoms with Crippen molar-refractivity contribution < 1.29 is 14.0 Å². The average molecular weight is 226 g/mol. The van der Waals surface area contributed by atoms with Crippen LogP contribution in [0, 0.1) is 0 Å². The minimum atomic E-state index is -3.37. The first kappa shape index (κ1) is 13.5. The smallest absolute Gasteiger partial charge is 0.316 e. The molecule has 0 fully saturated rings. The summed E-state index contributed by atoms with van der Waals surface area (Å²) in [6.07, 6.45) is 3.03. The zero-order valence-corrected chi connectivity index (χ0v) is 10.2. The molecule has 0 aliphatic heterocycles. The summed E-state index contributed by atoms with van der Waals surface area (Å²) >= 11 is 1.04. The highest BCUT2D eigenvalue weighted by atomic mass is 32.7. The summed E-state index contributed by atoms with van der Waals surface area (Å²) in [7, 11) is 0. The zero-order chi connectivity index (χ0) is 10.3. The molecule has 0 radical (unpaired) electrons. The first-order valence-corrected chi connectivity index (χ1v) is 7.80. The van der Waals surface area contributed by atoms with Crippen molar-refractivity contribution in [3.8, 4) is 0 Å². The molecule has 0 aromatic heterocycles. The van der Waals surface area contributed by atoms with Crippen LogP contribution < -0.4 is 0 Å². The van der Waals surface area contributed by atoms with E-state index in [2.05, 4.69) is 6.92 Å². The highest BCUT2D eigenvalue weighted by Crippen LogP contribution is 2.56. The molecule has 1 atom stereocenters. The quantitative estimate of drug-likeness (QED) is 0.533. The first-order valence-electron chi connectivity index (χ1n) is 4.63. The molecular weight excluding hydrogens is 207 g/mol. The maximum absolute atomic E-state index is 11.3. The molecule has 0 heterocycles. The molecule has 13 heavy (non-hydrogen) atoms. The maximum atomic E-state index is 11.3. The van der Waals surface area contributed by atoms with E-state index in [-0.39, 0.29) is 6.10 Å². The van der Waals surface area contributed by atoms with Gasteiger partial charge >= 0.3 is 6.80 Å². The van der Waals surface area contributed by atoms with Gasteiger partial charge < -0.3 is 4.89 Å². The minimum Gasteiger partial charge on any atom is -0.316 e. The standard InChI is InChI=1S/C8H19O3PS/c1-4-5-6-7-13-12(9,10)11-8(2)3/h8H,4-7H2,1-3H3,(H,9,10). The van der Waals surface area contributed by atoms with Crippen molar-refractivity contribution >= 4 is 18.2 Å². The van der Waals surface area contributed by atoms with E-state index in [9.17, 15) is 9.46 Å². The van der Waals surface area contributed by atoms with Gasteiger partial charge in [-0.15, -0.1) is 0 Å². The lowest BCUT2D eigenvalue weighted by Gasteiger charge is -2.13. The van der Waals surface area contributed by atoms with Gasteiger partial charge in [0, 0.05) is 5.75 Å². The van der Waals surface area contributed by atoms with Gasteiger partial charge in [0.05, 0.1) is 6.10 Å². The fourth-order valence-corrected chi connectivity index (χ4v) is 3.76. The van der Waals surface area contributed by atoms with E-state index in [1.165, 1.54) is 0 Å². The average Bonchev–Trinajstić information content (AvgIpc) is 1.95. The van der Waals surface area contributed by atoms with Crippen molar-refractivity contribution in [3.63, 3.8) is 0 Å². The van der Waals surface area contributed by atoms with Gasteiger partial charge in [-0.05, 0) is 31.7 Å². The molecule has 80 valence electrons. The van der Waals surface area contributed by atoms with Gasteiger partial charge in [0.15, 0.2) is 0 Å². The summed E-state index contributed by atoms with van der Waals surface area (Å²) in [6.45, 7) is 2.25. The number of hydrogen-bond acceptors (Lipinski definition) is 3. The summed E-state index contributed by atoms with van der Waals surface area (Å²) in [5, 5.41) is 0. The van der Waals surface area contributed by atoms with Gasteiger partial charge in [0.2, 0.25) is 0 Å². The Morgan fingerprint density at radius 2 is 2.08 bits per heavy atom. The maximum Gasteiger partial charge on any atom is 0.386 e. The number of hydrogen-bond donors (Lipinski definition) is 1. The van der Waals surface area contributed by atoms with Gasteiger partial charge in [-0.3, -0.25) is 4.52 Å². The molecule has 0 amide bonds. The van der Waals surface area contributed by atoms with Crippen LogP contribution in [-0.2, 0) is 9.09 Å². The van der Waals surface area contributed by atoms with Crippen LogP contribution in [0.4, 0.5) is 0 Å². The largest absolute Gasteiger partial charge is 0.386 e. The summed E-state index contributed by atoms with van der Waals surface area (Å²) in [4.78, 5) is 9.28. The van der Waals surface area contributed by atoms with Crippen LogP contribution in [0.5, 0.6) is 0 Å². The topological polar surface area (TPSA) is 46.5 Å². The third kappa shape index (κ3) is 8.82. The molecule has 0 rings (SSSR count). The van der Waals surface area contributed by atoms with Crippen LogP contribution in [0.1, 0.15) is 40.0 Å². The lowest BCUT2D eigenvalue weighted by molar-refractivity contribution is 0.218. The molecule has 0 bridgehead atoms. The Balaban J connectivity index is 3.57. The van der Waals surface area contributed by atoms with E-state index >= 15 is 0 Å². The molecule has 0 aliphatic rings. The van der Waals surface area contributed by atoms with Gasteiger partial charge in [0.25, 0.3) is 0 Å². The lowest BCUT2D eigenvalue weighted by Crippen LogP contribution is -1.98.